The number of rotatable bonds is 9. The Morgan fingerprint density at radius 2 is 1.89 bits per heavy atom. The number of aliphatic carboxylic acids is 1. The van der Waals surface area contributed by atoms with E-state index in [1.165, 1.54) is 30.6 Å². The Labute approximate surface area is 154 Å². The number of hydrogen-bond acceptors (Lipinski definition) is 6. The van der Waals surface area contributed by atoms with Gasteiger partial charge in [0.25, 0.3) is 5.91 Å². The fraction of sp³-hybridized carbons (Fsp3) is 0.353. The molecule has 1 unspecified atom stereocenters. The minimum Gasteiger partial charge on any atom is -0.480 e. The Morgan fingerprint density at radius 1 is 1.19 bits per heavy atom. The summed E-state index contributed by atoms with van der Waals surface area (Å²) in [6, 6.07) is 4.49. The maximum absolute atomic E-state index is 12.1. The highest BCUT2D eigenvalue weighted by atomic mass is 16.4. The molecule has 0 aromatic heterocycles. The molecule has 0 saturated heterocycles. The zero-order valence-electron chi connectivity index (χ0n) is 14.3. The van der Waals surface area contributed by atoms with Crippen molar-refractivity contribution in [2.24, 2.45) is 4.99 Å². The molecule has 1 aromatic rings. The lowest BCUT2D eigenvalue weighted by Gasteiger charge is -2.18. The number of nitrogens with zero attached hydrogens (tertiary/aromatic N) is 1. The Hall–Kier alpha value is -3.43. The lowest BCUT2D eigenvalue weighted by Crippen LogP contribution is -2.45. The molecular weight excluding hydrogens is 356 g/mol. The zero-order chi connectivity index (χ0) is 19.8. The predicted octanol–water partition coefficient (Wildman–Crippen LogP) is -0.536. The summed E-state index contributed by atoms with van der Waals surface area (Å²) in [6.07, 6.45) is 1.54. The molecular formula is C17H20N4O6. The maximum Gasteiger partial charge on any atom is 0.336 e. The molecule has 2 amide bonds. The number of carbonyl (C=O) groups is 4. The molecule has 10 nitrogen and oxygen atoms in total. The van der Waals surface area contributed by atoms with E-state index in [9.17, 15) is 24.3 Å². The lowest BCUT2D eigenvalue weighted by molar-refractivity contribution is -0.142. The summed E-state index contributed by atoms with van der Waals surface area (Å²) in [5.74, 6) is -3.54. The number of nitrogens with one attached hydrogen (secondary N) is 3. The third kappa shape index (κ3) is 5.80. The fourth-order valence-electron chi connectivity index (χ4n) is 2.56. The van der Waals surface area contributed by atoms with E-state index < -0.39 is 29.8 Å². The first kappa shape index (κ1) is 19.9. The van der Waals surface area contributed by atoms with E-state index in [4.69, 9.17) is 5.11 Å². The molecule has 27 heavy (non-hydrogen) atoms. The molecule has 0 fully saturated rings. The largest absolute Gasteiger partial charge is 0.480 e. The van der Waals surface area contributed by atoms with Crippen LogP contribution in [0, 0.1) is 0 Å². The van der Waals surface area contributed by atoms with Crippen molar-refractivity contribution >= 4 is 30.1 Å². The molecule has 0 bridgehead atoms. The number of amides is 2. The summed E-state index contributed by atoms with van der Waals surface area (Å²) in [4.78, 5) is 50.4. The van der Waals surface area contributed by atoms with E-state index in [0.717, 1.165) is 0 Å². The van der Waals surface area contributed by atoms with Crippen molar-refractivity contribution in [3.8, 4) is 0 Å². The van der Waals surface area contributed by atoms with Gasteiger partial charge in [-0.3, -0.25) is 14.6 Å². The predicted molar refractivity (Wildman–Crippen MR) is 94.8 cm³/mol. The van der Waals surface area contributed by atoms with Crippen molar-refractivity contribution in [1.29, 1.82) is 0 Å². The molecule has 144 valence electrons. The summed E-state index contributed by atoms with van der Waals surface area (Å²) in [6.45, 7) is 0.383. The van der Waals surface area contributed by atoms with Crippen LogP contribution in [0.1, 0.15) is 33.6 Å². The Morgan fingerprint density at radius 3 is 2.48 bits per heavy atom. The van der Waals surface area contributed by atoms with Crippen LogP contribution < -0.4 is 16.0 Å². The van der Waals surface area contributed by atoms with E-state index in [0.29, 0.717) is 6.54 Å². The first-order valence-corrected chi connectivity index (χ1v) is 8.25. The highest BCUT2D eigenvalue weighted by Gasteiger charge is 2.25. The average molecular weight is 376 g/mol. The third-order valence-electron chi connectivity index (χ3n) is 3.92. The summed E-state index contributed by atoms with van der Waals surface area (Å²) in [5, 5.41) is 26.1. The topological polar surface area (TPSA) is 157 Å². The minimum absolute atomic E-state index is 0.0128. The van der Waals surface area contributed by atoms with Crippen LogP contribution in [0.5, 0.6) is 0 Å². The highest BCUT2D eigenvalue weighted by molar-refractivity contribution is 6.04. The second kappa shape index (κ2) is 9.32. The number of carboxylic acids is 2. The summed E-state index contributed by atoms with van der Waals surface area (Å²) < 4.78 is 0. The molecule has 1 aliphatic heterocycles. The molecule has 1 heterocycles. The number of aromatic carboxylic acids is 1. The quantitative estimate of drug-likeness (QED) is 0.387. The van der Waals surface area contributed by atoms with Crippen molar-refractivity contribution in [3.05, 3.63) is 35.4 Å². The molecule has 0 saturated carbocycles. The number of aliphatic imine (C=N–C) groups is 1. The standard InChI is InChI=1S/C17H20N4O6/c22-14(21-13(17(26)27)7-10-8-18-9-20-10)5-6-19-15(23)11-3-1-2-4-12(11)16(24)25/h1-4,9-10,13H,5-8H2,(H,18,20)(H,19,23)(H,21,22)(H,24,25)(H,26,27)/t10?,13-/m1/s1. The van der Waals surface area contributed by atoms with E-state index >= 15 is 0 Å². The zero-order valence-corrected chi connectivity index (χ0v) is 14.3. The maximum atomic E-state index is 12.1. The SMILES string of the molecule is O=C(CCNC(=O)c1ccccc1C(=O)O)N[C@H](CC1CN=CN1)C(=O)O. The Balaban J connectivity index is 1.81. The van der Waals surface area contributed by atoms with Gasteiger partial charge in [-0.2, -0.15) is 0 Å². The van der Waals surface area contributed by atoms with Gasteiger partial charge < -0.3 is 26.2 Å². The van der Waals surface area contributed by atoms with Gasteiger partial charge in [-0.15, -0.1) is 0 Å². The van der Waals surface area contributed by atoms with Gasteiger partial charge in [0.05, 0.1) is 24.0 Å². The van der Waals surface area contributed by atoms with Gasteiger partial charge in [0, 0.05) is 25.4 Å². The third-order valence-corrected chi connectivity index (χ3v) is 3.92. The van der Waals surface area contributed by atoms with Crippen LogP contribution in [-0.4, -0.2) is 65.5 Å². The van der Waals surface area contributed by atoms with Crippen molar-refractivity contribution < 1.29 is 29.4 Å². The molecule has 1 aromatic carbocycles. The smallest absolute Gasteiger partial charge is 0.336 e. The van der Waals surface area contributed by atoms with Gasteiger partial charge in [0.1, 0.15) is 6.04 Å². The number of hydrogen-bond donors (Lipinski definition) is 5. The molecule has 5 N–H and O–H groups in total. The van der Waals surface area contributed by atoms with Crippen LogP contribution in [0.3, 0.4) is 0 Å². The second-order valence-corrected chi connectivity index (χ2v) is 5.91. The first-order chi connectivity index (χ1) is 12.9. The minimum atomic E-state index is -1.23. The van der Waals surface area contributed by atoms with Gasteiger partial charge in [-0.1, -0.05) is 12.1 Å². The van der Waals surface area contributed by atoms with Crippen LogP contribution >= 0.6 is 0 Å². The first-order valence-electron chi connectivity index (χ1n) is 8.25. The summed E-state index contributed by atoms with van der Waals surface area (Å²) in [5.41, 5.74) is -0.155. The van der Waals surface area contributed by atoms with Crippen molar-refractivity contribution in [2.75, 3.05) is 13.1 Å². The molecule has 1 aliphatic rings. The summed E-state index contributed by atoms with van der Waals surface area (Å²) >= 11 is 0. The lowest BCUT2D eigenvalue weighted by atomic mass is 10.1. The Kier molecular flexibility index (Phi) is 6.86. The van der Waals surface area contributed by atoms with Gasteiger partial charge >= 0.3 is 11.9 Å². The Bertz CT molecular complexity index is 756. The molecule has 2 rings (SSSR count). The number of carboxylic acid groups (broad SMARTS) is 2. The highest BCUT2D eigenvalue weighted by Crippen LogP contribution is 2.08. The monoisotopic (exact) mass is 376 g/mol. The molecule has 2 atom stereocenters. The van der Waals surface area contributed by atoms with Gasteiger partial charge in [0.2, 0.25) is 5.91 Å². The normalized spacial score (nSPS) is 16.2. The fourth-order valence-corrected chi connectivity index (χ4v) is 2.56. The van der Waals surface area contributed by atoms with Gasteiger partial charge in [0.15, 0.2) is 0 Å². The molecule has 0 aliphatic carbocycles. The van der Waals surface area contributed by atoms with E-state index in [1.54, 1.807) is 0 Å². The molecule has 0 radical (unpaired) electrons. The van der Waals surface area contributed by atoms with Crippen molar-refractivity contribution in [3.63, 3.8) is 0 Å². The van der Waals surface area contributed by atoms with Crippen LogP contribution in [0.4, 0.5) is 0 Å². The van der Waals surface area contributed by atoms with E-state index in [-0.39, 0.29) is 36.6 Å². The van der Waals surface area contributed by atoms with Crippen LogP contribution in [-0.2, 0) is 9.59 Å². The van der Waals surface area contributed by atoms with Crippen molar-refractivity contribution in [1.82, 2.24) is 16.0 Å². The molecule has 10 heteroatoms. The van der Waals surface area contributed by atoms with Crippen molar-refractivity contribution in [2.45, 2.75) is 24.9 Å². The number of carbonyl (C=O) groups excluding carboxylic acids is 2. The summed E-state index contributed by atoms with van der Waals surface area (Å²) in [7, 11) is 0. The molecule has 0 spiro atoms. The van der Waals surface area contributed by atoms with Crippen LogP contribution in [0.25, 0.3) is 0 Å². The van der Waals surface area contributed by atoms with Gasteiger partial charge in [-0.25, -0.2) is 9.59 Å². The van der Waals surface area contributed by atoms with Crippen LogP contribution in [0.2, 0.25) is 0 Å². The van der Waals surface area contributed by atoms with E-state index in [1.807, 2.05) is 0 Å². The van der Waals surface area contributed by atoms with E-state index in [2.05, 4.69) is 20.9 Å². The van der Waals surface area contributed by atoms with Gasteiger partial charge in [-0.05, 0) is 12.1 Å². The number of benzene rings is 1. The van der Waals surface area contributed by atoms with Crippen LogP contribution in [0.15, 0.2) is 29.3 Å². The second-order valence-electron chi connectivity index (χ2n) is 5.91. The average Bonchev–Trinajstić information content (AvgIpc) is 3.14.